The SMILES string of the molecule is CC(C)CCC(C)(C)C.CCCCCCCCC. The van der Waals surface area contributed by atoms with E-state index in [1.165, 1.54) is 57.8 Å². The quantitative estimate of drug-likeness (QED) is 0.402. The second-order valence-electron chi connectivity index (χ2n) is 7.26. The maximum absolute atomic E-state index is 2.30. The Bertz CT molecular complexity index is 133. The van der Waals surface area contributed by atoms with Gasteiger partial charge in [0.1, 0.15) is 0 Å². The Labute approximate surface area is 118 Å². The molecule has 0 rings (SSSR count). The molecule has 0 bridgehead atoms. The minimum absolute atomic E-state index is 0.532. The maximum Gasteiger partial charge on any atom is -0.0383 e. The fraction of sp³-hybridized carbons (Fsp3) is 1.00. The number of hydrogen-bond acceptors (Lipinski definition) is 0. The molecule has 0 aromatic rings. The molecule has 0 aromatic heterocycles. The number of rotatable bonds is 8. The van der Waals surface area contributed by atoms with Crippen molar-refractivity contribution < 1.29 is 0 Å². The zero-order chi connectivity index (χ0) is 14.4. The van der Waals surface area contributed by atoms with Crippen LogP contribution in [0.4, 0.5) is 0 Å². The van der Waals surface area contributed by atoms with E-state index in [4.69, 9.17) is 0 Å². The van der Waals surface area contributed by atoms with Crippen LogP contribution in [-0.2, 0) is 0 Å². The lowest BCUT2D eigenvalue weighted by molar-refractivity contribution is 0.338. The highest BCUT2D eigenvalue weighted by Gasteiger charge is 2.09. The molecule has 18 heavy (non-hydrogen) atoms. The third-order valence-electron chi connectivity index (χ3n) is 3.18. The predicted molar refractivity (Wildman–Crippen MR) is 87.2 cm³/mol. The third kappa shape index (κ3) is 25.0. The van der Waals surface area contributed by atoms with E-state index < -0.39 is 0 Å². The summed E-state index contributed by atoms with van der Waals surface area (Å²) in [5.74, 6) is 0.865. The lowest BCUT2D eigenvalue weighted by Gasteiger charge is -2.18. The van der Waals surface area contributed by atoms with Crippen molar-refractivity contribution in [2.24, 2.45) is 11.3 Å². The predicted octanol–water partition coefficient (Wildman–Crippen LogP) is 7.23. The molecule has 0 amide bonds. The summed E-state index contributed by atoms with van der Waals surface area (Å²) in [5.41, 5.74) is 0.532. The Morgan fingerprint density at radius 1 is 0.722 bits per heavy atom. The molecule has 0 saturated heterocycles. The summed E-state index contributed by atoms with van der Waals surface area (Å²) in [6.07, 6.45) is 12.7. The average molecular weight is 257 g/mol. The normalized spacial score (nSPS) is 11.3. The van der Waals surface area contributed by atoms with Gasteiger partial charge in [0.25, 0.3) is 0 Å². The van der Waals surface area contributed by atoms with Crippen molar-refractivity contribution in [1.29, 1.82) is 0 Å². The minimum atomic E-state index is 0.532. The van der Waals surface area contributed by atoms with E-state index in [1.807, 2.05) is 0 Å². The number of hydrogen-bond donors (Lipinski definition) is 0. The molecule has 0 heterocycles. The largest absolute Gasteiger partial charge is 0.0654 e. The molecule has 0 aliphatic rings. The van der Waals surface area contributed by atoms with Crippen molar-refractivity contribution in [1.82, 2.24) is 0 Å². The van der Waals surface area contributed by atoms with Crippen molar-refractivity contribution >= 4 is 0 Å². The second-order valence-corrected chi connectivity index (χ2v) is 7.26. The zero-order valence-corrected chi connectivity index (χ0v) is 14.4. The molecule has 0 saturated carbocycles. The molecule has 0 unspecified atom stereocenters. The van der Waals surface area contributed by atoms with Crippen LogP contribution in [0.3, 0.4) is 0 Å². The standard InChI is InChI=1S/2C9H20/c1-8(2)6-7-9(3,4)5;1-3-5-7-9-8-6-4-2/h8H,6-7H2,1-5H3;3-9H2,1-2H3. The fourth-order valence-electron chi connectivity index (χ4n) is 1.75. The first-order valence-corrected chi connectivity index (χ1v) is 8.33. The zero-order valence-electron chi connectivity index (χ0n) is 14.4. The van der Waals surface area contributed by atoms with Crippen LogP contribution in [0.25, 0.3) is 0 Å². The summed E-state index contributed by atoms with van der Waals surface area (Å²) in [6, 6.07) is 0. The van der Waals surface area contributed by atoms with Gasteiger partial charge in [0, 0.05) is 0 Å². The highest BCUT2D eigenvalue weighted by Crippen LogP contribution is 2.22. The smallest absolute Gasteiger partial charge is 0.0383 e. The Morgan fingerprint density at radius 2 is 1.11 bits per heavy atom. The molecule has 0 aromatic carbocycles. The summed E-state index contributed by atoms with van der Waals surface area (Å²) in [5, 5.41) is 0. The molecule has 0 atom stereocenters. The van der Waals surface area contributed by atoms with Gasteiger partial charge in [-0.1, -0.05) is 99.8 Å². The van der Waals surface area contributed by atoms with Crippen molar-refractivity contribution in [2.45, 2.75) is 106 Å². The average Bonchev–Trinajstić information content (AvgIpc) is 2.26. The highest BCUT2D eigenvalue weighted by atomic mass is 14.2. The van der Waals surface area contributed by atoms with Gasteiger partial charge in [-0.3, -0.25) is 0 Å². The van der Waals surface area contributed by atoms with Gasteiger partial charge in [-0.2, -0.15) is 0 Å². The van der Waals surface area contributed by atoms with Crippen LogP contribution in [0.1, 0.15) is 106 Å². The van der Waals surface area contributed by atoms with Crippen LogP contribution in [0.2, 0.25) is 0 Å². The van der Waals surface area contributed by atoms with Gasteiger partial charge >= 0.3 is 0 Å². The van der Waals surface area contributed by atoms with E-state index in [0.717, 1.165) is 5.92 Å². The van der Waals surface area contributed by atoms with Gasteiger partial charge in [-0.15, -0.1) is 0 Å². The number of unbranched alkanes of at least 4 members (excludes halogenated alkanes) is 6. The van der Waals surface area contributed by atoms with Gasteiger partial charge in [0.05, 0.1) is 0 Å². The summed E-state index contributed by atoms with van der Waals surface area (Å²) >= 11 is 0. The molecule has 0 spiro atoms. The van der Waals surface area contributed by atoms with Crippen molar-refractivity contribution in [3.05, 3.63) is 0 Å². The molecular formula is C18H40. The first-order chi connectivity index (χ1) is 8.33. The summed E-state index contributed by atoms with van der Waals surface area (Å²) in [4.78, 5) is 0. The van der Waals surface area contributed by atoms with Crippen LogP contribution in [0.5, 0.6) is 0 Å². The summed E-state index contributed by atoms with van der Waals surface area (Å²) < 4.78 is 0. The van der Waals surface area contributed by atoms with Gasteiger partial charge in [0.2, 0.25) is 0 Å². The molecule has 0 nitrogen and oxygen atoms in total. The van der Waals surface area contributed by atoms with Crippen molar-refractivity contribution in [2.75, 3.05) is 0 Å². The first-order valence-electron chi connectivity index (χ1n) is 8.33. The van der Waals surface area contributed by atoms with E-state index in [9.17, 15) is 0 Å². The fourth-order valence-corrected chi connectivity index (χ4v) is 1.75. The van der Waals surface area contributed by atoms with E-state index in [2.05, 4.69) is 48.5 Å². The van der Waals surface area contributed by atoms with Crippen LogP contribution >= 0.6 is 0 Å². The lowest BCUT2D eigenvalue weighted by Crippen LogP contribution is -2.05. The van der Waals surface area contributed by atoms with Crippen molar-refractivity contribution in [3.8, 4) is 0 Å². The summed E-state index contributed by atoms with van der Waals surface area (Å²) in [7, 11) is 0. The Hall–Kier alpha value is 0. The monoisotopic (exact) mass is 256 g/mol. The minimum Gasteiger partial charge on any atom is -0.0654 e. The topological polar surface area (TPSA) is 0 Å². The van der Waals surface area contributed by atoms with Crippen LogP contribution < -0.4 is 0 Å². The Morgan fingerprint density at radius 3 is 1.33 bits per heavy atom. The van der Waals surface area contributed by atoms with E-state index in [0.29, 0.717) is 5.41 Å². The second kappa shape index (κ2) is 13.4. The molecule has 0 fully saturated rings. The maximum atomic E-state index is 2.30. The van der Waals surface area contributed by atoms with Crippen LogP contribution in [-0.4, -0.2) is 0 Å². The Balaban J connectivity index is 0. The van der Waals surface area contributed by atoms with Crippen LogP contribution in [0, 0.1) is 11.3 Å². The highest BCUT2D eigenvalue weighted by molar-refractivity contribution is 4.61. The van der Waals surface area contributed by atoms with Gasteiger partial charge in [0.15, 0.2) is 0 Å². The molecule has 0 N–H and O–H groups in total. The molecular weight excluding hydrogens is 216 g/mol. The third-order valence-corrected chi connectivity index (χ3v) is 3.18. The molecule has 0 heteroatoms. The molecule has 0 radical (unpaired) electrons. The van der Waals surface area contributed by atoms with Gasteiger partial charge in [-0.25, -0.2) is 0 Å². The molecule has 0 aliphatic carbocycles. The molecule has 112 valence electrons. The Kier molecular flexibility index (Phi) is 15.2. The van der Waals surface area contributed by atoms with Crippen molar-refractivity contribution in [3.63, 3.8) is 0 Å². The first kappa shape index (κ1) is 20.3. The van der Waals surface area contributed by atoms with E-state index in [1.54, 1.807) is 0 Å². The molecule has 0 aliphatic heterocycles. The van der Waals surface area contributed by atoms with E-state index in [-0.39, 0.29) is 0 Å². The summed E-state index contributed by atoms with van der Waals surface area (Å²) in [6.45, 7) is 16.0. The van der Waals surface area contributed by atoms with E-state index >= 15 is 0 Å². The van der Waals surface area contributed by atoms with Crippen LogP contribution in [0.15, 0.2) is 0 Å². The van der Waals surface area contributed by atoms with Gasteiger partial charge in [-0.05, 0) is 17.8 Å². The van der Waals surface area contributed by atoms with Gasteiger partial charge < -0.3 is 0 Å². The lowest BCUT2D eigenvalue weighted by atomic mass is 9.88.